The third-order valence-corrected chi connectivity index (χ3v) is 4.93. The standard InChI is InChI=1S/C16H20BrN3O2/c1-18-7-2-8-19(10-9-18)14-11-15(21)20(16(14)22)13-5-3-12(17)4-6-13/h3-6,14H,2,7-11H2,1H3/t14-/m1/s1. The summed E-state index contributed by atoms with van der Waals surface area (Å²) in [5.41, 5.74) is 0.660. The predicted octanol–water partition coefficient (Wildman–Crippen LogP) is 1.72. The Bertz CT molecular complexity index is 575. The van der Waals surface area contributed by atoms with E-state index in [0.717, 1.165) is 37.1 Å². The van der Waals surface area contributed by atoms with Gasteiger partial charge in [0.1, 0.15) is 0 Å². The van der Waals surface area contributed by atoms with Gasteiger partial charge in [0.15, 0.2) is 0 Å². The number of carbonyl (C=O) groups is 2. The zero-order valence-electron chi connectivity index (χ0n) is 12.7. The number of carbonyl (C=O) groups excluding carboxylic acids is 2. The van der Waals surface area contributed by atoms with E-state index in [9.17, 15) is 9.59 Å². The molecule has 2 aliphatic heterocycles. The van der Waals surface area contributed by atoms with E-state index in [1.807, 2.05) is 12.1 Å². The van der Waals surface area contributed by atoms with Crippen LogP contribution >= 0.6 is 15.9 Å². The van der Waals surface area contributed by atoms with Gasteiger partial charge in [0.25, 0.3) is 5.91 Å². The van der Waals surface area contributed by atoms with Crippen molar-refractivity contribution in [2.75, 3.05) is 38.1 Å². The molecule has 6 heteroatoms. The molecule has 118 valence electrons. The number of benzene rings is 1. The van der Waals surface area contributed by atoms with Crippen LogP contribution in [0, 0.1) is 0 Å². The number of anilines is 1. The van der Waals surface area contributed by atoms with Crippen molar-refractivity contribution in [1.29, 1.82) is 0 Å². The minimum Gasteiger partial charge on any atom is -0.305 e. The molecule has 0 N–H and O–H groups in total. The average Bonchev–Trinajstić information content (AvgIpc) is 2.66. The van der Waals surface area contributed by atoms with Crippen molar-refractivity contribution in [2.45, 2.75) is 18.9 Å². The van der Waals surface area contributed by atoms with Crippen LogP contribution in [0.2, 0.25) is 0 Å². The zero-order valence-corrected chi connectivity index (χ0v) is 14.3. The minimum atomic E-state index is -0.303. The quantitative estimate of drug-likeness (QED) is 0.748. The smallest absolute Gasteiger partial charge is 0.251 e. The summed E-state index contributed by atoms with van der Waals surface area (Å²) in [5, 5.41) is 0. The fraction of sp³-hybridized carbons (Fsp3) is 0.500. The molecule has 0 aliphatic carbocycles. The van der Waals surface area contributed by atoms with E-state index in [0.29, 0.717) is 12.1 Å². The van der Waals surface area contributed by atoms with Crippen molar-refractivity contribution in [1.82, 2.24) is 9.80 Å². The van der Waals surface area contributed by atoms with Gasteiger partial charge in [0, 0.05) is 24.1 Å². The molecule has 2 fully saturated rings. The van der Waals surface area contributed by atoms with E-state index in [1.54, 1.807) is 12.1 Å². The Balaban J connectivity index is 1.77. The van der Waals surface area contributed by atoms with Gasteiger partial charge in [-0.25, -0.2) is 4.90 Å². The summed E-state index contributed by atoms with van der Waals surface area (Å²) < 4.78 is 0.933. The van der Waals surface area contributed by atoms with Gasteiger partial charge >= 0.3 is 0 Å². The van der Waals surface area contributed by atoms with Gasteiger partial charge in [-0.05, 0) is 44.3 Å². The lowest BCUT2D eigenvalue weighted by molar-refractivity contribution is -0.122. The van der Waals surface area contributed by atoms with Gasteiger partial charge in [-0.3, -0.25) is 14.5 Å². The number of hydrogen-bond acceptors (Lipinski definition) is 4. The molecular weight excluding hydrogens is 346 g/mol. The molecule has 0 unspecified atom stereocenters. The van der Waals surface area contributed by atoms with Crippen LogP contribution in [0.3, 0.4) is 0 Å². The maximum atomic E-state index is 12.7. The van der Waals surface area contributed by atoms with E-state index in [2.05, 4.69) is 32.8 Å². The molecule has 22 heavy (non-hydrogen) atoms. The highest BCUT2D eigenvalue weighted by molar-refractivity contribution is 9.10. The summed E-state index contributed by atoms with van der Waals surface area (Å²) in [6, 6.07) is 7.01. The Hall–Kier alpha value is -1.24. The molecule has 2 aliphatic rings. The average molecular weight is 366 g/mol. The first-order valence-electron chi connectivity index (χ1n) is 7.61. The lowest BCUT2D eigenvalue weighted by atomic mass is 10.2. The summed E-state index contributed by atoms with van der Waals surface area (Å²) in [6.45, 7) is 3.70. The van der Waals surface area contributed by atoms with Gasteiger partial charge in [-0.15, -0.1) is 0 Å². The van der Waals surface area contributed by atoms with E-state index >= 15 is 0 Å². The van der Waals surface area contributed by atoms with Crippen molar-refractivity contribution in [2.24, 2.45) is 0 Å². The third kappa shape index (κ3) is 3.09. The number of hydrogen-bond donors (Lipinski definition) is 0. The molecule has 2 amide bonds. The zero-order chi connectivity index (χ0) is 15.7. The number of nitrogens with zero attached hydrogens (tertiary/aromatic N) is 3. The van der Waals surface area contributed by atoms with E-state index in [1.165, 1.54) is 4.90 Å². The van der Waals surface area contributed by atoms with Crippen LogP contribution in [-0.2, 0) is 9.59 Å². The Morgan fingerprint density at radius 3 is 2.50 bits per heavy atom. The summed E-state index contributed by atoms with van der Waals surface area (Å²) in [5.74, 6) is -0.188. The highest BCUT2D eigenvalue weighted by atomic mass is 79.9. The Kier molecular flexibility index (Phi) is 4.61. The van der Waals surface area contributed by atoms with Crippen molar-refractivity contribution in [3.63, 3.8) is 0 Å². The molecule has 0 saturated carbocycles. The molecule has 2 heterocycles. The van der Waals surface area contributed by atoms with E-state index in [4.69, 9.17) is 0 Å². The summed E-state index contributed by atoms with van der Waals surface area (Å²) in [6.07, 6.45) is 1.32. The van der Waals surface area contributed by atoms with Gasteiger partial charge in [0.05, 0.1) is 18.2 Å². The molecular formula is C16H20BrN3O2. The second-order valence-corrected chi connectivity index (χ2v) is 6.87. The lowest BCUT2D eigenvalue weighted by Crippen LogP contribution is -2.43. The van der Waals surface area contributed by atoms with Crippen LogP contribution in [0.4, 0.5) is 5.69 Å². The van der Waals surface area contributed by atoms with Crippen LogP contribution < -0.4 is 4.90 Å². The fourth-order valence-corrected chi connectivity index (χ4v) is 3.41. The number of likely N-dealkylation sites (N-methyl/N-ethyl adjacent to an activating group) is 1. The summed E-state index contributed by atoms with van der Waals surface area (Å²) >= 11 is 3.37. The largest absolute Gasteiger partial charge is 0.305 e. The van der Waals surface area contributed by atoms with Crippen molar-refractivity contribution in [3.8, 4) is 0 Å². The number of amides is 2. The Labute approximate surface area is 139 Å². The second-order valence-electron chi connectivity index (χ2n) is 5.96. The highest BCUT2D eigenvalue weighted by Crippen LogP contribution is 2.27. The Morgan fingerprint density at radius 2 is 1.77 bits per heavy atom. The maximum Gasteiger partial charge on any atom is 0.251 e. The minimum absolute atomic E-state index is 0.0862. The first-order chi connectivity index (χ1) is 10.6. The number of rotatable bonds is 2. The molecule has 0 aromatic heterocycles. The highest BCUT2D eigenvalue weighted by Gasteiger charge is 2.42. The third-order valence-electron chi connectivity index (χ3n) is 4.40. The van der Waals surface area contributed by atoms with Crippen molar-refractivity contribution < 1.29 is 9.59 Å². The summed E-state index contributed by atoms with van der Waals surface area (Å²) in [4.78, 5) is 30.8. The first-order valence-corrected chi connectivity index (χ1v) is 8.40. The normalized spacial score (nSPS) is 24.8. The van der Waals surface area contributed by atoms with Gasteiger partial charge in [-0.1, -0.05) is 15.9 Å². The summed E-state index contributed by atoms with van der Waals surface area (Å²) in [7, 11) is 2.10. The maximum absolute atomic E-state index is 12.7. The molecule has 1 aromatic rings. The van der Waals surface area contributed by atoms with Crippen LogP contribution in [0.15, 0.2) is 28.7 Å². The molecule has 0 bridgehead atoms. The molecule has 5 nitrogen and oxygen atoms in total. The van der Waals surface area contributed by atoms with Gasteiger partial charge in [-0.2, -0.15) is 0 Å². The van der Waals surface area contributed by atoms with Crippen LogP contribution in [-0.4, -0.2) is 60.9 Å². The predicted molar refractivity (Wildman–Crippen MR) is 88.7 cm³/mol. The lowest BCUT2D eigenvalue weighted by Gasteiger charge is -2.25. The Morgan fingerprint density at radius 1 is 1.05 bits per heavy atom. The van der Waals surface area contributed by atoms with Gasteiger partial charge in [0.2, 0.25) is 5.91 Å². The fourth-order valence-electron chi connectivity index (χ4n) is 3.14. The van der Waals surface area contributed by atoms with Crippen molar-refractivity contribution >= 4 is 33.4 Å². The SMILES string of the molecule is CN1CCCN([C@@H]2CC(=O)N(c3ccc(Br)cc3)C2=O)CC1. The second kappa shape index (κ2) is 6.48. The molecule has 0 spiro atoms. The van der Waals surface area contributed by atoms with Crippen LogP contribution in [0.5, 0.6) is 0 Å². The first kappa shape index (κ1) is 15.6. The number of halogens is 1. The van der Waals surface area contributed by atoms with Crippen LogP contribution in [0.1, 0.15) is 12.8 Å². The van der Waals surface area contributed by atoms with E-state index in [-0.39, 0.29) is 17.9 Å². The topological polar surface area (TPSA) is 43.9 Å². The van der Waals surface area contributed by atoms with Crippen LogP contribution in [0.25, 0.3) is 0 Å². The van der Waals surface area contributed by atoms with Crippen molar-refractivity contribution in [3.05, 3.63) is 28.7 Å². The molecule has 0 radical (unpaired) electrons. The monoisotopic (exact) mass is 365 g/mol. The molecule has 3 rings (SSSR count). The number of imide groups is 1. The molecule has 2 saturated heterocycles. The molecule has 1 atom stereocenters. The van der Waals surface area contributed by atoms with Gasteiger partial charge < -0.3 is 4.90 Å². The molecule has 1 aromatic carbocycles. The van der Waals surface area contributed by atoms with E-state index < -0.39 is 0 Å².